The van der Waals surface area contributed by atoms with E-state index in [9.17, 15) is 4.79 Å². The second-order valence-corrected chi connectivity index (χ2v) is 3.40. The Morgan fingerprint density at radius 3 is 2.31 bits per heavy atom. The van der Waals surface area contributed by atoms with Gasteiger partial charge in [-0.05, 0) is 12.8 Å². The quantitative estimate of drug-likeness (QED) is 0.675. The van der Waals surface area contributed by atoms with Crippen LogP contribution in [0.25, 0.3) is 0 Å². The molecule has 3 nitrogen and oxygen atoms in total. The van der Waals surface area contributed by atoms with E-state index in [-0.39, 0.29) is 18.0 Å². The molecule has 1 amide bonds. The summed E-state index contributed by atoms with van der Waals surface area (Å²) in [5.74, 6) is 0.272. The molecule has 0 bridgehead atoms. The van der Waals surface area contributed by atoms with E-state index in [1.54, 1.807) is 4.90 Å². The Hall–Kier alpha value is -0.570. The van der Waals surface area contributed by atoms with Crippen molar-refractivity contribution < 1.29 is 4.79 Å². The van der Waals surface area contributed by atoms with Crippen LogP contribution in [0, 0.1) is 5.92 Å². The SMILES string of the molecule is CC.CC(C)C(=O)N1CCC[C@H]1N. The summed E-state index contributed by atoms with van der Waals surface area (Å²) < 4.78 is 0. The molecule has 0 radical (unpaired) electrons. The summed E-state index contributed by atoms with van der Waals surface area (Å²) in [5.41, 5.74) is 5.72. The van der Waals surface area contributed by atoms with Crippen LogP contribution < -0.4 is 5.73 Å². The van der Waals surface area contributed by atoms with Gasteiger partial charge in [0.25, 0.3) is 0 Å². The fourth-order valence-electron chi connectivity index (χ4n) is 1.40. The lowest BCUT2D eigenvalue weighted by Crippen LogP contribution is -2.42. The van der Waals surface area contributed by atoms with Gasteiger partial charge in [-0.3, -0.25) is 4.79 Å². The Balaban J connectivity index is 0.000000671. The Bertz CT molecular complexity index is 157. The van der Waals surface area contributed by atoms with Gasteiger partial charge in [-0.25, -0.2) is 0 Å². The molecule has 1 saturated heterocycles. The van der Waals surface area contributed by atoms with E-state index < -0.39 is 0 Å². The summed E-state index contributed by atoms with van der Waals surface area (Å²) in [5, 5.41) is 0. The van der Waals surface area contributed by atoms with E-state index >= 15 is 0 Å². The molecular weight excluding hydrogens is 164 g/mol. The zero-order valence-corrected chi connectivity index (χ0v) is 9.21. The smallest absolute Gasteiger partial charge is 0.226 e. The number of rotatable bonds is 1. The topological polar surface area (TPSA) is 46.3 Å². The van der Waals surface area contributed by atoms with Crippen molar-refractivity contribution in [2.24, 2.45) is 11.7 Å². The Morgan fingerprint density at radius 2 is 2.00 bits per heavy atom. The summed E-state index contributed by atoms with van der Waals surface area (Å²) in [6.45, 7) is 8.67. The van der Waals surface area contributed by atoms with Crippen molar-refractivity contribution in [3.63, 3.8) is 0 Å². The molecular formula is C10H22N2O. The molecule has 1 fully saturated rings. The van der Waals surface area contributed by atoms with Gasteiger partial charge in [-0.2, -0.15) is 0 Å². The van der Waals surface area contributed by atoms with Crippen LogP contribution in [0.2, 0.25) is 0 Å². The first-order valence-electron chi connectivity index (χ1n) is 5.19. The third-order valence-electron chi connectivity index (χ3n) is 2.08. The predicted molar refractivity (Wildman–Crippen MR) is 55.1 cm³/mol. The summed E-state index contributed by atoms with van der Waals surface area (Å²) in [6, 6.07) is 0. The van der Waals surface area contributed by atoms with Crippen LogP contribution in [-0.4, -0.2) is 23.5 Å². The maximum atomic E-state index is 11.4. The fraction of sp³-hybridized carbons (Fsp3) is 0.900. The third kappa shape index (κ3) is 3.35. The number of hydrogen-bond acceptors (Lipinski definition) is 2. The maximum absolute atomic E-state index is 11.4. The van der Waals surface area contributed by atoms with Gasteiger partial charge in [-0.1, -0.05) is 27.7 Å². The molecule has 0 unspecified atom stereocenters. The lowest BCUT2D eigenvalue weighted by atomic mass is 10.2. The molecule has 0 spiro atoms. The number of carbonyl (C=O) groups excluding carboxylic acids is 1. The second kappa shape index (κ2) is 5.97. The number of carbonyl (C=O) groups is 1. The van der Waals surface area contributed by atoms with Crippen LogP contribution in [-0.2, 0) is 4.79 Å². The standard InChI is InChI=1S/C8H16N2O.C2H6/c1-6(2)8(11)10-5-3-4-7(10)9;1-2/h6-7H,3-5,9H2,1-2H3;1-2H3/t7-;/m0./s1. The van der Waals surface area contributed by atoms with Crippen molar-refractivity contribution in [3.8, 4) is 0 Å². The van der Waals surface area contributed by atoms with Crippen LogP contribution in [0.5, 0.6) is 0 Å². The van der Waals surface area contributed by atoms with Crippen LogP contribution in [0.1, 0.15) is 40.5 Å². The zero-order valence-electron chi connectivity index (χ0n) is 9.21. The predicted octanol–water partition coefficient (Wildman–Crippen LogP) is 1.58. The first kappa shape index (κ1) is 12.4. The number of hydrogen-bond donors (Lipinski definition) is 1. The van der Waals surface area contributed by atoms with Gasteiger partial charge in [0.15, 0.2) is 0 Å². The highest BCUT2D eigenvalue weighted by Gasteiger charge is 2.26. The van der Waals surface area contributed by atoms with E-state index in [0.29, 0.717) is 0 Å². The first-order valence-corrected chi connectivity index (χ1v) is 5.19. The van der Waals surface area contributed by atoms with Gasteiger partial charge in [0.05, 0.1) is 6.17 Å². The lowest BCUT2D eigenvalue weighted by Gasteiger charge is -2.22. The van der Waals surface area contributed by atoms with Crippen molar-refractivity contribution in [2.75, 3.05) is 6.54 Å². The molecule has 0 aliphatic carbocycles. The molecule has 13 heavy (non-hydrogen) atoms. The largest absolute Gasteiger partial charge is 0.327 e. The highest BCUT2D eigenvalue weighted by molar-refractivity contribution is 5.78. The van der Waals surface area contributed by atoms with Gasteiger partial charge in [0, 0.05) is 12.5 Å². The van der Waals surface area contributed by atoms with Gasteiger partial charge in [0.2, 0.25) is 5.91 Å². The Kier molecular flexibility index (Phi) is 5.71. The minimum Gasteiger partial charge on any atom is -0.327 e. The van der Waals surface area contributed by atoms with Crippen molar-refractivity contribution >= 4 is 5.91 Å². The summed E-state index contributed by atoms with van der Waals surface area (Å²) in [7, 11) is 0. The highest BCUT2D eigenvalue weighted by atomic mass is 16.2. The van der Waals surface area contributed by atoms with Crippen molar-refractivity contribution in [1.82, 2.24) is 4.90 Å². The van der Waals surface area contributed by atoms with Crippen molar-refractivity contribution in [3.05, 3.63) is 0 Å². The number of nitrogens with zero attached hydrogens (tertiary/aromatic N) is 1. The Morgan fingerprint density at radius 1 is 1.46 bits per heavy atom. The number of likely N-dealkylation sites (tertiary alicyclic amines) is 1. The molecule has 0 aromatic rings. The van der Waals surface area contributed by atoms with E-state index in [1.165, 1.54) is 0 Å². The van der Waals surface area contributed by atoms with Crippen LogP contribution in [0.4, 0.5) is 0 Å². The third-order valence-corrected chi connectivity index (χ3v) is 2.08. The van der Waals surface area contributed by atoms with Gasteiger partial charge in [-0.15, -0.1) is 0 Å². The molecule has 1 aliphatic heterocycles. The summed E-state index contributed by atoms with van der Waals surface area (Å²) in [6.07, 6.45) is 1.99. The minimum atomic E-state index is -0.0232. The van der Waals surface area contributed by atoms with E-state index in [4.69, 9.17) is 5.73 Å². The van der Waals surface area contributed by atoms with Crippen LogP contribution in [0.15, 0.2) is 0 Å². The van der Waals surface area contributed by atoms with Gasteiger partial charge >= 0.3 is 0 Å². The molecule has 0 saturated carbocycles. The molecule has 0 aromatic heterocycles. The van der Waals surface area contributed by atoms with Crippen molar-refractivity contribution in [1.29, 1.82) is 0 Å². The van der Waals surface area contributed by atoms with Crippen LogP contribution in [0.3, 0.4) is 0 Å². The van der Waals surface area contributed by atoms with Gasteiger partial charge in [0.1, 0.15) is 0 Å². The first-order chi connectivity index (χ1) is 6.13. The van der Waals surface area contributed by atoms with E-state index in [1.807, 2.05) is 27.7 Å². The van der Waals surface area contributed by atoms with E-state index in [2.05, 4.69) is 0 Å². The van der Waals surface area contributed by atoms with E-state index in [0.717, 1.165) is 19.4 Å². The van der Waals surface area contributed by atoms with Crippen LogP contribution >= 0.6 is 0 Å². The fourth-order valence-corrected chi connectivity index (χ4v) is 1.40. The highest BCUT2D eigenvalue weighted by Crippen LogP contribution is 2.15. The number of amides is 1. The maximum Gasteiger partial charge on any atom is 0.226 e. The second-order valence-electron chi connectivity index (χ2n) is 3.40. The molecule has 1 aliphatic rings. The molecule has 1 heterocycles. The Labute approximate surface area is 81.3 Å². The lowest BCUT2D eigenvalue weighted by molar-refractivity contribution is -0.135. The summed E-state index contributed by atoms with van der Waals surface area (Å²) >= 11 is 0. The average Bonchev–Trinajstić information content (AvgIpc) is 2.53. The number of nitrogens with two attached hydrogens (primary N) is 1. The molecule has 1 atom stereocenters. The monoisotopic (exact) mass is 186 g/mol. The normalized spacial score (nSPS) is 21.4. The minimum absolute atomic E-state index is 0.0232. The zero-order chi connectivity index (χ0) is 10.4. The summed E-state index contributed by atoms with van der Waals surface area (Å²) in [4.78, 5) is 13.2. The van der Waals surface area contributed by atoms with Crippen molar-refractivity contribution in [2.45, 2.75) is 46.7 Å². The molecule has 1 rings (SSSR count). The molecule has 3 heteroatoms. The molecule has 78 valence electrons. The van der Waals surface area contributed by atoms with Gasteiger partial charge < -0.3 is 10.6 Å². The molecule has 2 N–H and O–H groups in total. The molecule has 0 aromatic carbocycles. The average molecular weight is 186 g/mol.